The Morgan fingerprint density at radius 2 is 1.59 bits per heavy atom. The van der Waals surface area contributed by atoms with Crippen molar-refractivity contribution in [3.63, 3.8) is 0 Å². The molecule has 14 heteroatoms. The third kappa shape index (κ3) is 5.95. The van der Waals surface area contributed by atoms with Gasteiger partial charge in [0.25, 0.3) is 0 Å². The summed E-state index contributed by atoms with van der Waals surface area (Å²) in [6, 6.07) is 11.1. The van der Waals surface area contributed by atoms with Crippen LogP contribution in [-0.4, -0.2) is 84.1 Å². The highest BCUT2D eigenvalue weighted by molar-refractivity contribution is 5.89. The summed E-state index contributed by atoms with van der Waals surface area (Å²) in [5, 5.41) is 80.3. The van der Waals surface area contributed by atoms with Gasteiger partial charge in [-0.2, -0.15) is 0 Å². The van der Waals surface area contributed by atoms with Crippen LogP contribution < -0.4 is 10.2 Å². The van der Waals surface area contributed by atoms with E-state index in [-0.39, 0.29) is 16.9 Å². The number of phenols is 5. The first-order chi connectivity index (χ1) is 21.0. The molecule has 1 aliphatic heterocycles. The number of aliphatic hydroxyl groups is 3. The molecule has 0 aliphatic carbocycles. The minimum Gasteiger partial charge on any atom is -0.508 e. The molecule has 0 bridgehead atoms. The van der Waals surface area contributed by atoms with E-state index in [9.17, 15) is 50.4 Å². The van der Waals surface area contributed by atoms with E-state index in [1.54, 1.807) is 0 Å². The fraction of sp³-hybridized carbons (Fsp3) is 0.200. The topological polar surface area (TPSA) is 237 Å². The van der Waals surface area contributed by atoms with Gasteiger partial charge >= 0.3 is 5.97 Å². The first-order valence-corrected chi connectivity index (χ1v) is 13.0. The van der Waals surface area contributed by atoms with Crippen molar-refractivity contribution >= 4 is 23.0 Å². The number of aliphatic hydroxyl groups excluding tert-OH is 3. The second-order valence-corrected chi connectivity index (χ2v) is 9.78. The first-order valence-electron chi connectivity index (χ1n) is 13.0. The molecule has 1 fully saturated rings. The largest absolute Gasteiger partial charge is 0.508 e. The van der Waals surface area contributed by atoms with Gasteiger partial charge < -0.3 is 59.5 Å². The Balaban J connectivity index is 1.57. The molecule has 5 rings (SSSR count). The molecule has 14 nitrogen and oxygen atoms in total. The Bertz CT molecular complexity index is 1780. The second-order valence-electron chi connectivity index (χ2n) is 9.78. The Labute approximate surface area is 247 Å². The van der Waals surface area contributed by atoms with Crippen LogP contribution in [0, 0.1) is 0 Å². The highest BCUT2D eigenvalue weighted by atomic mass is 16.7. The Morgan fingerprint density at radius 3 is 2.27 bits per heavy atom. The zero-order valence-electron chi connectivity index (χ0n) is 22.5. The quantitative estimate of drug-likeness (QED) is 0.0840. The monoisotopic (exact) mass is 610 g/mol. The van der Waals surface area contributed by atoms with E-state index >= 15 is 0 Å². The zero-order valence-corrected chi connectivity index (χ0v) is 22.5. The molecule has 5 atom stereocenters. The highest BCUT2D eigenvalue weighted by Crippen LogP contribution is 2.39. The number of carbonyl (C=O) groups is 1. The molecule has 1 saturated heterocycles. The zero-order chi connectivity index (χ0) is 31.7. The second kappa shape index (κ2) is 12.1. The van der Waals surface area contributed by atoms with Crippen LogP contribution >= 0.6 is 0 Å². The number of carbonyl (C=O) groups excluding carboxylic acids is 1. The molecule has 0 spiro atoms. The minimum atomic E-state index is -1.89. The third-order valence-electron chi connectivity index (χ3n) is 6.77. The molecule has 4 aromatic rings. The molecule has 1 aromatic heterocycles. The third-order valence-corrected chi connectivity index (χ3v) is 6.77. The highest BCUT2D eigenvalue weighted by Gasteiger charge is 2.48. The summed E-state index contributed by atoms with van der Waals surface area (Å²) in [6.45, 7) is -0.815. The average molecular weight is 611 g/mol. The summed E-state index contributed by atoms with van der Waals surface area (Å²) in [4.78, 5) is 26.4. The van der Waals surface area contributed by atoms with Crippen molar-refractivity contribution in [2.24, 2.45) is 0 Å². The predicted molar refractivity (Wildman–Crippen MR) is 150 cm³/mol. The van der Waals surface area contributed by atoms with Crippen molar-refractivity contribution in [1.82, 2.24) is 0 Å². The fourth-order valence-electron chi connectivity index (χ4n) is 4.55. The lowest BCUT2D eigenvalue weighted by Crippen LogP contribution is -2.61. The van der Waals surface area contributed by atoms with Crippen molar-refractivity contribution in [2.75, 3.05) is 6.61 Å². The molecule has 8 N–H and O–H groups in total. The summed E-state index contributed by atoms with van der Waals surface area (Å²) in [7, 11) is 0. The van der Waals surface area contributed by atoms with Gasteiger partial charge in [-0.1, -0.05) is 12.1 Å². The van der Waals surface area contributed by atoms with Gasteiger partial charge in [0.05, 0.1) is 6.61 Å². The van der Waals surface area contributed by atoms with Gasteiger partial charge in [0.15, 0.2) is 23.4 Å². The van der Waals surface area contributed by atoms with Crippen molar-refractivity contribution in [3.8, 4) is 45.8 Å². The summed E-state index contributed by atoms with van der Waals surface area (Å²) in [5.74, 6) is -4.34. The number of benzene rings is 3. The number of aromatic hydroxyl groups is 5. The molecular weight excluding hydrogens is 584 g/mol. The number of hydrogen-bond donors (Lipinski definition) is 8. The number of phenolic OH excluding ortho intramolecular Hbond substituents is 5. The number of esters is 1. The van der Waals surface area contributed by atoms with E-state index < -0.39 is 88.6 Å². The Kier molecular flexibility index (Phi) is 8.33. The Hall–Kier alpha value is -5.28. The van der Waals surface area contributed by atoms with E-state index in [0.29, 0.717) is 5.56 Å². The summed E-state index contributed by atoms with van der Waals surface area (Å²) in [5.41, 5.74) is -0.834. The molecule has 44 heavy (non-hydrogen) atoms. The van der Waals surface area contributed by atoms with E-state index in [0.717, 1.165) is 30.3 Å². The van der Waals surface area contributed by atoms with Crippen LogP contribution in [0.25, 0.3) is 28.4 Å². The molecule has 0 unspecified atom stereocenters. The number of ether oxygens (including phenoxy) is 3. The van der Waals surface area contributed by atoms with E-state index in [1.807, 2.05) is 0 Å². The van der Waals surface area contributed by atoms with Gasteiger partial charge in [-0.3, -0.25) is 4.79 Å². The molecule has 3 aromatic carbocycles. The van der Waals surface area contributed by atoms with Crippen LogP contribution in [0.4, 0.5) is 0 Å². The molecule has 0 amide bonds. The lowest BCUT2D eigenvalue weighted by molar-refractivity contribution is -0.281. The van der Waals surface area contributed by atoms with Gasteiger partial charge in [-0.05, 0) is 42.0 Å². The van der Waals surface area contributed by atoms with E-state index in [2.05, 4.69) is 0 Å². The smallest absolute Gasteiger partial charge is 0.331 e. The standard InChI is InChI=1S/C30H26O14/c31-12-21-24(38)26(40)29(43-22(37)8-3-13-1-5-15(32)6-2-13)30(42-21)44-28-25(39)23-19(36)10-16(33)11-20(23)41-27(28)14-4-7-17(34)18(35)9-14/h1-11,21,24,26,29-36,38,40H,12H2/t21-,24+,26+,29-,30+/m1/s1. The molecule has 2 heterocycles. The summed E-state index contributed by atoms with van der Waals surface area (Å²) in [6.07, 6.45) is -6.44. The minimum absolute atomic E-state index is 0.00444. The number of rotatable bonds is 7. The van der Waals surface area contributed by atoms with E-state index in [1.165, 1.54) is 36.4 Å². The maximum Gasteiger partial charge on any atom is 0.331 e. The average Bonchev–Trinajstić information content (AvgIpc) is 2.98. The molecule has 0 saturated carbocycles. The van der Waals surface area contributed by atoms with Crippen LogP contribution in [0.5, 0.6) is 34.5 Å². The van der Waals surface area contributed by atoms with Gasteiger partial charge in [0.2, 0.25) is 17.5 Å². The van der Waals surface area contributed by atoms with Crippen LogP contribution in [0.3, 0.4) is 0 Å². The van der Waals surface area contributed by atoms with Crippen LogP contribution in [0.2, 0.25) is 0 Å². The molecule has 230 valence electrons. The normalized spacial score (nSPS) is 21.8. The summed E-state index contributed by atoms with van der Waals surface area (Å²) >= 11 is 0. The molecule has 0 radical (unpaired) electrons. The van der Waals surface area contributed by atoms with Crippen molar-refractivity contribution in [3.05, 3.63) is 76.5 Å². The van der Waals surface area contributed by atoms with Gasteiger partial charge in [0.1, 0.15) is 46.5 Å². The number of hydrogen-bond acceptors (Lipinski definition) is 14. The van der Waals surface area contributed by atoms with Crippen molar-refractivity contribution in [2.45, 2.75) is 30.7 Å². The van der Waals surface area contributed by atoms with Gasteiger partial charge in [0, 0.05) is 23.8 Å². The number of fused-ring (bicyclic) bond motifs is 1. The molecular formula is C30H26O14. The lowest BCUT2D eigenvalue weighted by atomic mass is 9.99. The van der Waals surface area contributed by atoms with Crippen LogP contribution in [0.1, 0.15) is 5.56 Å². The fourth-order valence-corrected chi connectivity index (χ4v) is 4.55. The van der Waals surface area contributed by atoms with Gasteiger partial charge in [-0.15, -0.1) is 0 Å². The molecule has 1 aliphatic rings. The summed E-state index contributed by atoms with van der Waals surface area (Å²) < 4.78 is 22.5. The van der Waals surface area contributed by atoms with Gasteiger partial charge in [-0.25, -0.2) is 4.79 Å². The predicted octanol–water partition coefficient (Wildman–Crippen LogP) is 1.43. The first kappa shape index (κ1) is 30.2. The maximum absolute atomic E-state index is 13.7. The SMILES string of the molecule is O=C(C=Cc1ccc(O)cc1)O[C@H]1[C@H](Oc2c(-c3ccc(O)c(O)c3)oc3cc(O)cc(O)c3c2=O)O[C@H](CO)[C@H](O)[C@@H]1O. The van der Waals surface area contributed by atoms with Crippen LogP contribution in [0.15, 0.2) is 69.9 Å². The Morgan fingerprint density at radius 1 is 0.864 bits per heavy atom. The lowest BCUT2D eigenvalue weighted by Gasteiger charge is -2.41. The van der Waals surface area contributed by atoms with Crippen molar-refractivity contribution < 1.29 is 64.3 Å². The van der Waals surface area contributed by atoms with Crippen LogP contribution in [-0.2, 0) is 14.3 Å². The van der Waals surface area contributed by atoms with E-state index in [4.69, 9.17) is 18.6 Å². The van der Waals surface area contributed by atoms with Crippen molar-refractivity contribution in [1.29, 1.82) is 0 Å². The maximum atomic E-state index is 13.7.